The molecule has 0 bridgehead atoms. The van der Waals surface area contributed by atoms with E-state index >= 15 is 0 Å². The average molecular weight is 764 g/mol. The zero-order valence-corrected chi connectivity index (χ0v) is 31.4. The molecular formula is C37H43Cl4N5O4. The number of anilines is 2. The number of hydrogen-bond donors (Lipinski definition) is 2. The van der Waals surface area contributed by atoms with Crippen LogP contribution in [0.1, 0.15) is 94.3 Å². The minimum Gasteiger partial charge on any atom is -0.497 e. The summed E-state index contributed by atoms with van der Waals surface area (Å²) in [6.07, 6.45) is 14.6. The molecule has 0 saturated heterocycles. The third-order valence-electron chi connectivity index (χ3n) is 8.10. The van der Waals surface area contributed by atoms with Crippen molar-refractivity contribution in [1.82, 2.24) is 9.78 Å². The molecule has 268 valence electrons. The lowest BCUT2D eigenvalue weighted by Gasteiger charge is -2.11. The third-order valence-corrected chi connectivity index (χ3v) is 9.24. The molecule has 0 atom stereocenters. The van der Waals surface area contributed by atoms with Crippen LogP contribution < -0.4 is 15.6 Å². The topological polar surface area (TPSA) is 110 Å². The van der Waals surface area contributed by atoms with E-state index in [9.17, 15) is 9.59 Å². The van der Waals surface area contributed by atoms with Gasteiger partial charge in [-0.25, -0.2) is 9.48 Å². The number of aromatic amines is 1. The number of rotatable bonds is 20. The molecule has 0 amide bonds. The Hall–Kier alpha value is -3.50. The van der Waals surface area contributed by atoms with Crippen LogP contribution in [-0.2, 0) is 4.74 Å². The van der Waals surface area contributed by atoms with E-state index in [4.69, 9.17) is 55.9 Å². The lowest BCUT2D eigenvalue weighted by Crippen LogP contribution is -2.16. The lowest BCUT2D eigenvalue weighted by atomic mass is 10.1. The standard InChI is InChI=1S/C37H43Cl4N5O4/c1-3-4-5-6-7-8-9-10-11-12-13-14-21-50-37(48)25-22-30(40)34(31(41)23-25)46-36(47)33(44-43-27-16-18-28(49-2)19-17-27)35(45-46)42-32-24-26(38)15-20-29(32)39/h15-20,22-24,42,45H,3-14,21H2,1-2H3/b44-43+. The number of ether oxygens (including phenoxy) is 2. The highest BCUT2D eigenvalue weighted by Crippen LogP contribution is 2.35. The van der Waals surface area contributed by atoms with Crippen molar-refractivity contribution in [3.05, 3.63) is 90.6 Å². The minimum atomic E-state index is -0.617. The second-order valence-corrected chi connectivity index (χ2v) is 13.6. The number of H-pyrrole nitrogens is 1. The molecule has 0 unspecified atom stereocenters. The van der Waals surface area contributed by atoms with Gasteiger partial charge in [0.15, 0.2) is 11.5 Å². The fourth-order valence-electron chi connectivity index (χ4n) is 5.34. The van der Waals surface area contributed by atoms with Gasteiger partial charge in [-0.3, -0.25) is 9.89 Å². The van der Waals surface area contributed by atoms with Crippen LogP contribution in [0.2, 0.25) is 20.1 Å². The van der Waals surface area contributed by atoms with Crippen molar-refractivity contribution in [3.63, 3.8) is 0 Å². The maximum atomic E-state index is 13.8. The van der Waals surface area contributed by atoms with Crippen LogP contribution in [0.3, 0.4) is 0 Å². The van der Waals surface area contributed by atoms with Crippen LogP contribution in [0, 0.1) is 0 Å². The van der Waals surface area contributed by atoms with Gasteiger partial charge in [-0.2, -0.15) is 5.11 Å². The lowest BCUT2D eigenvalue weighted by molar-refractivity contribution is 0.0497. The molecule has 0 aliphatic rings. The predicted molar refractivity (Wildman–Crippen MR) is 205 cm³/mol. The predicted octanol–water partition coefficient (Wildman–Crippen LogP) is 12.8. The van der Waals surface area contributed by atoms with Crippen molar-refractivity contribution < 1.29 is 14.3 Å². The van der Waals surface area contributed by atoms with Gasteiger partial charge in [-0.1, -0.05) is 124 Å². The van der Waals surface area contributed by atoms with Crippen LogP contribution in [0.4, 0.5) is 22.9 Å². The molecule has 4 aromatic rings. The van der Waals surface area contributed by atoms with Crippen LogP contribution in [0.15, 0.2) is 69.6 Å². The number of esters is 1. The summed E-state index contributed by atoms with van der Waals surface area (Å²) in [6.45, 7) is 2.54. The van der Waals surface area contributed by atoms with Crippen molar-refractivity contribution >= 4 is 75.3 Å². The Kier molecular flexibility index (Phi) is 16.0. The highest BCUT2D eigenvalue weighted by atomic mass is 35.5. The number of carbonyl (C=O) groups excluding carboxylic acids is 1. The normalized spacial score (nSPS) is 11.3. The maximum absolute atomic E-state index is 13.8. The molecular weight excluding hydrogens is 720 g/mol. The number of benzene rings is 3. The van der Waals surface area contributed by atoms with Crippen molar-refractivity contribution in [2.24, 2.45) is 10.2 Å². The molecule has 0 radical (unpaired) electrons. The highest BCUT2D eigenvalue weighted by Gasteiger charge is 2.22. The zero-order valence-electron chi connectivity index (χ0n) is 28.4. The Bertz CT molecular complexity index is 1770. The first-order chi connectivity index (χ1) is 24.2. The van der Waals surface area contributed by atoms with Crippen LogP contribution in [-0.4, -0.2) is 29.5 Å². The summed E-state index contributed by atoms with van der Waals surface area (Å²) < 4.78 is 11.8. The summed E-state index contributed by atoms with van der Waals surface area (Å²) in [6, 6.07) is 14.5. The molecule has 2 N–H and O–H groups in total. The van der Waals surface area contributed by atoms with E-state index in [0.29, 0.717) is 33.8 Å². The second-order valence-electron chi connectivity index (χ2n) is 11.9. The molecule has 0 fully saturated rings. The number of hydrogen-bond acceptors (Lipinski definition) is 7. The van der Waals surface area contributed by atoms with E-state index in [1.165, 1.54) is 69.9 Å². The Balaban J connectivity index is 1.43. The first-order valence-corrected chi connectivity index (χ1v) is 18.5. The molecule has 4 rings (SSSR count). The Morgan fingerprint density at radius 2 is 1.38 bits per heavy atom. The van der Waals surface area contributed by atoms with E-state index in [0.717, 1.165) is 23.9 Å². The molecule has 0 saturated carbocycles. The first-order valence-electron chi connectivity index (χ1n) is 17.0. The Labute approximate surface area is 313 Å². The van der Waals surface area contributed by atoms with Crippen molar-refractivity contribution in [2.75, 3.05) is 19.0 Å². The van der Waals surface area contributed by atoms with E-state index in [2.05, 4.69) is 27.6 Å². The molecule has 3 aromatic carbocycles. The molecule has 13 heteroatoms. The van der Waals surface area contributed by atoms with Gasteiger partial charge in [0.2, 0.25) is 0 Å². The van der Waals surface area contributed by atoms with Gasteiger partial charge in [-0.15, -0.1) is 5.11 Å². The average Bonchev–Trinajstić information content (AvgIpc) is 3.40. The minimum absolute atomic E-state index is 0.0455. The van der Waals surface area contributed by atoms with Gasteiger partial charge >= 0.3 is 11.5 Å². The molecule has 0 aliphatic heterocycles. The largest absolute Gasteiger partial charge is 0.497 e. The van der Waals surface area contributed by atoms with Crippen molar-refractivity contribution in [3.8, 4) is 11.4 Å². The maximum Gasteiger partial charge on any atom is 0.338 e. The van der Waals surface area contributed by atoms with Crippen LogP contribution in [0.5, 0.6) is 5.75 Å². The highest BCUT2D eigenvalue weighted by molar-refractivity contribution is 6.38. The SMILES string of the molecule is CCCCCCCCCCCCCCOC(=O)c1cc(Cl)c(-n2[nH]c(Nc3cc(Cl)ccc3Cl)c(/N=N/c3ccc(OC)cc3)c2=O)c(Cl)c1. The second kappa shape index (κ2) is 20.4. The van der Waals surface area contributed by atoms with E-state index < -0.39 is 11.5 Å². The van der Waals surface area contributed by atoms with Crippen LogP contribution in [0.25, 0.3) is 5.69 Å². The third kappa shape index (κ3) is 11.5. The number of nitrogens with zero attached hydrogens (tertiary/aromatic N) is 3. The number of methoxy groups -OCH3 is 1. The van der Waals surface area contributed by atoms with E-state index in [1.54, 1.807) is 49.6 Å². The summed E-state index contributed by atoms with van der Waals surface area (Å²) in [5.41, 5.74) is 0.473. The van der Waals surface area contributed by atoms with E-state index in [1.807, 2.05) is 0 Å². The van der Waals surface area contributed by atoms with Gasteiger partial charge in [0.25, 0.3) is 0 Å². The first kappa shape index (κ1) is 39.3. The van der Waals surface area contributed by atoms with Gasteiger partial charge in [-0.05, 0) is 61.0 Å². The quantitative estimate of drug-likeness (QED) is 0.0529. The smallest absolute Gasteiger partial charge is 0.338 e. The summed E-state index contributed by atoms with van der Waals surface area (Å²) in [5, 5.41) is 15.4. The summed E-state index contributed by atoms with van der Waals surface area (Å²) in [5.74, 6) is 0.246. The van der Waals surface area contributed by atoms with Gasteiger partial charge in [0.05, 0.1) is 45.7 Å². The molecule has 1 heterocycles. The van der Waals surface area contributed by atoms with Crippen LogP contribution >= 0.6 is 46.4 Å². The number of aromatic nitrogens is 2. The van der Waals surface area contributed by atoms with E-state index in [-0.39, 0.29) is 32.8 Å². The van der Waals surface area contributed by atoms with Gasteiger partial charge < -0.3 is 14.8 Å². The summed E-state index contributed by atoms with van der Waals surface area (Å²) in [7, 11) is 1.56. The molecule has 50 heavy (non-hydrogen) atoms. The van der Waals surface area contributed by atoms with Crippen molar-refractivity contribution in [2.45, 2.75) is 84.0 Å². The monoisotopic (exact) mass is 761 g/mol. The molecule has 9 nitrogen and oxygen atoms in total. The Morgan fingerprint density at radius 1 is 0.780 bits per heavy atom. The Morgan fingerprint density at radius 3 is 1.98 bits per heavy atom. The summed E-state index contributed by atoms with van der Waals surface area (Å²) in [4.78, 5) is 26.6. The van der Waals surface area contributed by atoms with Gasteiger partial charge in [0.1, 0.15) is 11.4 Å². The fourth-order valence-corrected chi connectivity index (χ4v) is 6.33. The van der Waals surface area contributed by atoms with Gasteiger partial charge in [0, 0.05) is 5.02 Å². The molecule has 0 spiro atoms. The molecule has 1 aromatic heterocycles. The summed E-state index contributed by atoms with van der Waals surface area (Å²) >= 11 is 25.9. The number of halogens is 4. The number of azo groups is 1. The van der Waals surface area contributed by atoms with Crippen molar-refractivity contribution in [1.29, 1.82) is 0 Å². The number of nitrogens with one attached hydrogen (secondary N) is 2. The zero-order chi connectivity index (χ0) is 35.9. The number of carbonyl (C=O) groups is 1. The number of unbranched alkanes of at least 4 members (excludes halogenated alkanes) is 11. The fraction of sp³-hybridized carbons (Fsp3) is 0.405. The molecule has 0 aliphatic carbocycles.